The fraction of sp³-hybridized carbons (Fsp3) is 0.0667. The van der Waals surface area contributed by atoms with E-state index >= 15 is 0 Å². The van der Waals surface area contributed by atoms with Gasteiger partial charge in [-0.2, -0.15) is 0 Å². The van der Waals surface area contributed by atoms with Crippen molar-refractivity contribution in [2.45, 2.75) is 6.92 Å². The Bertz CT molecular complexity index is 642. The summed E-state index contributed by atoms with van der Waals surface area (Å²) in [6.45, 7) is 1.45. The SMILES string of the molecule is CC(=O)Nc1ccc(Oc2ccccc2C(=N)N)cc1.Cl. The fourth-order valence-electron chi connectivity index (χ4n) is 1.71. The van der Waals surface area contributed by atoms with Gasteiger partial charge in [-0.15, -0.1) is 12.4 Å². The minimum absolute atomic E-state index is 0. The summed E-state index contributed by atoms with van der Waals surface area (Å²) in [5.74, 6) is 0.955. The Morgan fingerprint density at radius 3 is 2.33 bits per heavy atom. The molecular formula is C15H16ClN3O2. The van der Waals surface area contributed by atoms with Crippen molar-refractivity contribution in [3.05, 3.63) is 54.1 Å². The van der Waals surface area contributed by atoms with Gasteiger partial charge in [0.05, 0.1) is 5.56 Å². The minimum atomic E-state index is -0.124. The zero-order chi connectivity index (χ0) is 14.5. The van der Waals surface area contributed by atoms with Crippen LogP contribution in [0.25, 0.3) is 0 Å². The van der Waals surface area contributed by atoms with Crippen LogP contribution in [0.5, 0.6) is 11.5 Å². The molecule has 110 valence electrons. The molecule has 0 aliphatic carbocycles. The number of amides is 1. The number of halogens is 1. The second-order valence-electron chi connectivity index (χ2n) is 4.22. The lowest BCUT2D eigenvalue weighted by molar-refractivity contribution is -0.114. The van der Waals surface area contributed by atoms with E-state index in [1.165, 1.54) is 6.92 Å². The van der Waals surface area contributed by atoms with Crippen molar-refractivity contribution in [1.29, 1.82) is 5.41 Å². The predicted octanol–water partition coefficient (Wildman–Crippen LogP) is 3.14. The number of para-hydroxylation sites is 1. The van der Waals surface area contributed by atoms with E-state index in [1.807, 2.05) is 6.07 Å². The van der Waals surface area contributed by atoms with Gasteiger partial charge in [-0.1, -0.05) is 12.1 Å². The summed E-state index contributed by atoms with van der Waals surface area (Å²) < 4.78 is 5.70. The second-order valence-corrected chi connectivity index (χ2v) is 4.22. The number of benzene rings is 2. The number of nitrogen functional groups attached to an aromatic ring is 1. The lowest BCUT2D eigenvalue weighted by Gasteiger charge is -2.10. The number of hydrogen-bond acceptors (Lipinski definition) is 3. The van der Waals surface area contributed by atoms with E-state index in [-0.39, 0.29) is 24.1 Å². The van der Waals surface area contributed by atoms with Crippen molar-refractivity contribution in [3.8, 4) is 11.5 Å². The predicted molar refractivity (Wildman–Crippen MR) is 85.5 cm³/mol. The van der Waals surface area contributed by atoms with E-state index in [9.17, 15) is 4.79 Å². The average molecular weight is 306 g/mol. The molecule has 0 saturated heterocycles. The summed E-state index contributed by atoms with van der Waals surface area (Å²) in [4.78, 5) is 10.9. The Kier molecular flexibility index (Phi) is 5.75. The van der Waals surface area contributed by atoms with Gasteiger partial charge in [-0.25, -0.2) is 0 Å². The van der Waals surface area contributed by atoms with Gasteiger partial charge in [0.2, 0.25) is 5.91 Å². The van der Waals surface area contributed by atoms with Gasteiger partial charge >= 0.3 is 0 Å². The van der Waals surface area contributed by atoms with Crippen molar-refractivity contribution < 1.29 is 9.53 Å². The van der Waals surface area contributed by atoms with E-state index in [0.717, 1.165) is 0 Å². The molecule has 1 amide bonds. The molecule has 0 aliphatic rings. The van der Waals surface area contributed by atoms with Crippen molar-refractivity contribution in [2.24, 2.45) is 5.73 Å². The molecule has 2 rings (SSSR count). The summed E-state index contributed by atoms with van der Waals surface area (Å²) in [5, 5.41) is 10.2. The number of carbonyl (C=O) groups excluding carboxylic acids is 1. The highest BCUT2D eigenvalue weighted by molar-refractivity contribution is 5.97. The van der Waals surface area contributed by atoms with E-state index in [0.29, 0.717) is 22.7 Å². The van der Waals surface area contributed by atoms with Crippen LogP contribution in [0, 0.1) is 5.41 Å². The molecule has 0 radical (unpaired) electrons. The standard InChI is InChI=1S/C15H15N3O2.ClH/c1-10(19)18-11-6-8-12(9-7-11)20-14-5-3-2-4-13(14)15(16)17;/h2-9H,1H3,(H3,16,17)(H,18,19);1H. The normalized spacial score (nSPS) is 9.38. The third kappa shape index (κ3) is 4.50. The summed E-state index contributed by atoms with van der Waals surface area (Å²) in [6, 6.07) is 14.0. The molecular weight excluding hydrogens is 290 g/mol. The largest absolute Gasteiger partial charge is 0.457 e. The highest BCUT2D eigenvalue weighted by Crippen LogP contribution is 2.26. The Morgan fingerprint density at radius 2 is 1.76 bits per heavy atom. The number of nitrogens with one attached hydrogen (secondary N) is 2. The maximum Gasteiger partial charge on any atom is 0.221 e. The summed E-state index contributed by atoms with van der Waals surface area (Å²) in [5.41, 5.74) is 6.74. The van der Waals surface area contributed by atoms with Gasteiger partial charge in [0, 0.05) is 12.6 Å². The molecule has 2 aromatic rings. The van der Waals surface area contributed by atoms with Crippen LogP contribution < -0.4 is 15.8 Å². The molecule has 0 spiro atoms. The summed E-state index contributed by atoms with van der Waals surface area (Å²) in [6.07, 6.45) is 0. The molecule has 0 fully saturated rings. The molecule has 0 aromatic heterocycles. The first-order valence-corrected chi connectivity index (χ1v) is 6.05. The lowest BCUT2D eigenvalue weighted by Crippen LogP contribution is -2.12. The zero-order valence-corrected chi connectivity index (χ0v) is 12.2. The Labute approximate surface area is 129 Å². The van der Waals surface area contributed by atoms with Crippen LogP contribution in [0.2, 0.25) is 0 Å². The zero-order valence-electron chi connectivity index (χ0n) is 11.4. The van der Waals surface area contributed by atoms with Crippen molar-refractivity contribution >= 4 is 29.8 Å². The van der Waals surface area contributed by atoms with Gasteiger partial charge in [0.25, 0.3) is 0 Å². The number of carbonyl (C=O) groups is 1. The maximum atomic E-state index is 10.9. The topological polar surface area (TPSA) is 88.2 Å². The molecule has 0 bridgehead atoms. The number of rotatable bonds is 4. The van der Waals surface area contributed by atoms with E-state index in [1.54, 1.807) is 42.5 Å². The number of ether oxygens (including phenoxy) is 1. The quantitative estimate of drug-likeness (QED) is 0.599. The molecule has 2 aromatic carbocycles. The first kappa shape index (κ1) is 16.5. The number of anilines is 1. The molecule has 0 saturated carbocycles. The summed E-state index contributed by atoms with van der Waals surface area (Å²) in [7, 11) is 0. The Morgan fingerprint density at radius 1 is 1.14 bits per heavy atom. The Hall–Kier alpha value is -2.53. The van der Waals surface area contributed by atoms with E-state index in [2.05, 4.69) is 5.32 Å². The third-order valence-corrected chi connectivity index (χ3v) is 2.58. The van der Waals surface area contributed by atoms with Crippen LogP contribution in [0.3, 0.4) is 0 Å². The summed E-state index contributed by atoms with van der Waals surface area (Å²) >= 11 is 0. The minimum Gasteiger partial charge on any atom is -0.457 e. The van der Waals surface area contributed by atoms with Crippen LogP contribution in [0.1, 0.15) is 12.5 Å². The van der Waals surface area contributed by atoms with Crippen LogP contribution in [-0.4, -0.2) is 11.7 Å². The van der Waals surface area contributed by atoms with E-state index < -0.39 is 0 Å². The molecule has 21 heavy (non-hydrogen) atoms. The van der Waals surface area contributed by atoms with Gasteiger partial charge in [-0.3, -0.25) is 10.2 Å². The van der Waals surface area contributed by atoms with Crippen LogP contribution in [0.15, 0.2) is 48.5 Å². The Balaban J connectivity index is 0.00000220. The molecule has 0 atom stereocenters. The maximum absolute atomic E-state index is 10.9. The number of hydrogen-bond donors (Lipinski definition) is 3. The average Bonchev–Trinajstić information content (AvgIpc) is 2.41. The van der Waals surface area contributed by atoms with Gasteiger partial charge in [0.1, 0.15) is 17.3 Å². The molecule has 5 nitrogen and oxygen atoms in total. The molecule has 0 heterocycles. The highest BCUT2D eigenvalue weighted by atomic mass is 35.5. The molecule has 6 heteroatoms. The monoisotopic (exact) mass is 305 g/mol. The van der Waals surface area contributed by atoms with E-state index in [4.69, 9.17) is 15.9 Å². The van der Waals surface area contributed by atoms with Gasteiger partial charge in [-0.05, 0) is 36.4 Å². The van der Waals surface area contributed by atoms with Crippen molar-refractivity contribution in [3.63, 3.8) is 0 Å². The fourth-order valence-corrected chi connectivity index (χ4v) is 1.71. The van der Waals surface area contributed by atoms with Gasteiger partial charge < -0.3 is 15.8 Å². The third-order valence-electron chi connectivity index (χ3n) is 2.58. The van der Waals surface area contributed by atoms with Gasteiger partial charge in [0.15, 0.2) is 0 Å². The number of nitrogens with two attached hydrogens (primary N) is 1. The molecule has 4 N–H and O–H groups in total. The van der Waals surface area contributed by atoms with Crippen LogP contribution in [0.4, 0.5) is 5.69 Å². The lowest BCUT2D eigenvalue weighted by atomic mass is 10.2. The smallest absolute Gasteiger partial charge is 0.221 e. The van der Waals surface area contributed by atoms with Crippen LogP contribution >= 0.6 is 12.4 Å². The number of amidine groups is 1. The highest BCUT2D eigenvalue weighted by Gasteiger charge is 2.06. The first-order chi connectivity index (χ1) is 9.56. The molecule has 0 aliphatic heterocycles. The van der Waals surface area contributed by atoms with Crippen LogP contribution in [-0.2, 0) is 4.79 Å². The second kappa shape index (κ2) is 7.31. The molecule has 0 unspecified atom stereocenters. The first-order valence-electron chi connectivity index (χ1n) is 6.05. The van der Waals surface area contributed by atoms with Crippen molar-refractivity contribution in [2.75, 3.05) is 5.32 Å². The van der Waals surface area contributed by atoms with Crippen molar-refractivity contribution in [1.82, 2.24) is 0 Å².